The maximum absolute atomic E-state index is 12.0. The summed E-state index contributed by atoms with van der Waals surface area (Å²) in [4.78, 5) is 26.1. The molecule has 0 aliphatic carbocycles. The Kier molecular flexibility index (Phi) is 6.02. The molecule has 21 heavy (non-hydrogen) atoms. The lowest BCUT2D eigenvalue weighted by Gasteiger charge is -2.24. The van der Waals surface area contributed by atoms with Crippen LogP contribution in [0.4, 0.5) is 11.5 Å². The summed E-state index contributed by atoms with van der Waals surface area (Å²) in [5, 5.41) is 12.2. The SMILES string of the molecule is CC(C)Cn1c(N)c(NC(CCO)C(C)C)c(=O)[nH]c1=O. The molecule has 0 amide bonds. The van der Waals surface area contributed by atoms with Gasteiger partial charge in [-0.25, -0.2) is 4.79 Å². The highest BCUT2D eigenvalue weighted by Gasteiger charge is 2.18. The Morgan fingerprint density at radius 3 is 2.38 bits per heavy atom. The summed E-state index contributed by atoms with van der Waals surface area (Å²) in [5.41, 5.74) is 5.17. The van der Waals surface area contributed by atoms with Crippen LogP contribution in [0.1, 0.15) is 34.1 Å². The molecule has 0 fully saturated rings. The largest absolute Gasteiger partial charge is 0.396 e. The molecular formula is C14H26N4O3. The van der Waals surface area contributed by atoms with Crippen LogP contribution < -0.4 is 22.3 Å². The normalized spacial score (nSPS) is 12.9. The number of nitrogen functional groups attached to an aromatic ring is 1. The van der Waals surface area contributed by atoms with Crippen LogP contribution in [-0.4, -0.2) is 27.3 Å². The molecule has 7 nitrogen and oxygen atoms in total. The smallest absolute Gasteiger partial charge is 0.330 e. The van der Waals surface area contributed by atoms with Gasteiger partial charge in [-0.3, -0.25) is 14.3 Å². The van der Waals surface area contributed by atoms with E-state index in [9.17, 15) is 9.59 Å². The number of nitrogens with zero attached hydrogens (tertiary/aromatic N) is 1. The second kappa shape index (κ2) is 7.31. The van der Waals surface area contributed by atoms with Crippen LogP contribution in [0.15, 0.2) is 9.59 Å². The molecule has 0 aliphatic heterocycles. The zero-order chi connectivity index (χ0) is 16.2. The van der Waals surface area contributed by atoms with Crippen molar-refractivity contribution in [1.82, 2.24) is 9.55 Å². The first-order valence-corrected chi connectivity index (χ1v) is 7.27. The Hall–Kier alpha value is -1.76. The van der Waals surface area contributed by atoms with Crippen LogP contribution in [-0.2, 0) is 6.54 Å². The van der Waals surface area contributed by atoms with Crippen molar-refractivity contribution in [3.05, 3.63) is 20.8 Å². The average molecular weight is 298 g/mol. The number of aliphatic hydroxyl groups is 1. The average Bonchev–Trinajstić information content (AvgIpc) is 2.37. The van der Waals surface area contributed by atoms with E-state index < -0.39 is 11.2 Å². The summed E-state index contributed by atoms with van der Waals surface area (Å²) in [6, 6.07) is -0.0941. The van der Waals surface area contributed by atoms with E-state index in [1.165, 1.54) is 4.57 Å². The highest BCUT2D eigenvalue weighted by atomic mass is 16.3. The molecule has 0 saturated heterocycles. The molecule has 1 aromatic rings. The minimum Gasteiger partial charge on any atom is -0.396 e. The van der Waals surface area contributed by atoms with E-state index in [1.807, 2.05) is 27.7 Å². The maximum atomic E-state index is 12.0. The molecule has 1 rings (SSSR count). The highest BCUT2D eigenvalue weighted by Crippen LogP contribution is 2.17. The highest BCUT2D eigenvalue weighted by molar-refractivity contribution is 5.61. The molecule has 1 aromatic heterocycles. The van der Waals surface area contributed by atoms with Gasteiger partial charge in [-0.05, 0) is 18.3 Å². The third kappa shape index (κ3) is 4.35. The van der Waals surface area contributed by atoms with Crippen molar-refractivity contribution >= 4 is 11.5 Å². The number of rotatable bonds is 7. The van der Waals surface area contributed by atoms with Crippen molar-refractivity contribution in [3.8, 4) is 0 Å². The van der Waals surface area contributed by atoms with Gasteiger partial charge in [0.1, 0.15) is 11.5 Å². The minimum absolute atomic E-state index is 0.0132. The van der Waals surface area contributed by atoms with Crippen molar-refractivity contribution in [2.75, 3.05) is 17.7 Å². The van der Waals surface area contributed by atoms with Crippen molar-refractivity contribution in [2.24, 2.45) is 11.8 Å². The van der Waals surface area contributed by atoms with E-state index in [0.29, 0.717) is 13.0 Å². The van der Waals surface area contributed by atoms with Crippen molar-refractivity contribution in [3.63, 3.8) is 0 Å². The van der Waals surface area contributed by atoms with E-state index in [1.54, 1.807) is 0 Å². The first kappa shape index (κ1) is 17.3. The monoisotopic (exact) mass is 298 g/mol. The molecular weight excluding hydrogens is 272 g/mol. The Morgan fingerprint density at radius 1 is 1.29 bits per heavy atom. The summed E-state index contributed by atoms with van der Waals surface area (Å²) >= 11 is 0. The molecule has 0 spiro atoms. The van der Waals surface area contributed by atoms with E-state index in [0.717, 1.165) is 0 Å². The Balaban J connectivity index is 3.23. The molecule has 0 radical (unpaired) electrons. The summed E-state index contributed by atoms with van der Waals surface area (Å²) < 4.78 is 1.37. The number of anilines is 2. The summed E-state index contributed by atoms with van der Waals surface area (Å²) in [5.74, 6) is 0.574. The quantitative estimate of drug-likeness (QED) is 0.588. The van der Waals surface area contributed by atoms with E-state index in [4.69, 9.17) is 10.8 Å². The van der Waals surface area contributed by atoms with Crippen molar-refractivity contribution in [1.29, 1.82) is 0 Å². The van der Waals surface area contributed by atoms with Crippen LogP contribution in [0.2, 0.25) is 0 Å². The molecule has 7 heteroatoms. The predicted molar refractivity (Wildman–Crippen MR) is 84.5 cm³/mol. The molecule has 0 saturated carbocycles. The second-order valence-corrected chi connectivity index (χ2v) is 6.03. The van der Waals surface area contributed by atoms with Gasteiger partial charge >= 0.3 is 5.69 Å². The van der Waals surface area contributed by atoms with Crippen LogP contribution in [0.5, 0.6) is 0 Å². The van der Waals surface area contributed by atoms with E-state index in [-0.39, 0.29) is 36.0 Å². The van der Waals surface area contributed by atoms with Crippen LogP contribution >= 0.6 is 0 Å². The van der Waals surface area contributed by atoms with Gasteiger partial charge in [0.15, 0.2) is 0 Å². The number of aromatic amines is 1. The van der Waals surface area contributed by atoms with Gasteiger partial charge in [-0.2, -0.15) is 0 Å². The lowest BCUT2D eigenvalue weighted by molar-refractivity contribution is 0.267. The molecule has 0 aliphatic rings. The number of nitrogens with two attached hydrogens (primary N) is 1. The zero-order valence-electron chi connectivity index (χ0n) is 13.1. The minimum atomic E-state index is -0.527. The van der Waals surface area contributed by atoms with Gasteiger partial charge in [-0.1, -0.05) is 27.7 Å². The van der Waals surface area contributed by atoms with Gasteiger partial charge in [0.05, 0.1) is 0 Å². The Labute approximate surface area is 124 Å². The maximum Gasteiger partial charge on any atom is 0.330 e. The first-order chi connectivity index (χ1) is 9.77. The van der Waals surface area contributed by atoms with E-state index in [2.05, 4.69) is 10.3 Å². The third-order valence-electron chi connectivity index (χ3n) is 3.36. The van der Waals surface area contributed by atoms with Gasteiger partial charge in [0.25, 0.3) is 5.56 Å². The second-order valence-electron chi connectivity index (χ2n) is 6.03. The third-order valence-corrected chi connectivity index (χ3v) is 3.36. The topological polar surface area (TPSA) is 113 Å². The number of hydrogen-bond acceptors (Lipinski definition) is 5. The van der Waals surface area contributed by atoms with E-state index >= 15 is 0 Å². The summed E-state index contributed by atoms with van der Waals surface area (Å²) in [7, 11) is 0. The predicted octanol–water partition coefficient (Wildman–Crippen LogP) is 0.594. The zero-order valence-corrected chi connectivity index (χ0v) is 13.1. The van der Waals surface area contributed by atoms with Crippen molar-refractivity contribution in [2.45, 2.75) is 46.7 Å². The number of nitrogens with one attached hydrogen (secondary N) is 2. The summed E-state index contributed by atoms with van der Waals surface area (Å²) in [6.45, 7) is 8.35. The lowest BCUT2D eigenvalue weighted by Crippen LogP contribution is -2.38. The Morgan fingerprint density at radius 2 is 1.90 bits per heavy atom. The first-order valence-electron chi connectivity index (χ1n) is 7.27. The lowest BCUT2D eigenvalue weighted by atomic mass is 10.0. The molecule has 120 valence electrons. The molecule has 0 bridgehead atoms. The molecule has 0 aromatic carbocycles. The van der Waals surface area contributed by atoms with Gasteiger partial charge in [0.2, 0.25) is 0 Å². The van der Waals surface area contributed by atoms with Gasteiger partial charge < -0.3 is 16.2 Å². The van der Waals surface area contributed by atoms with Gasteiger partial charge in [-0.15, -0.1) is 0 Å². The molecule has 1 unspecified atom stereocenters. The fourth-order valence-corrected chi connectivity index (χ4v) is 2.17. The van der Waals surface area contributed by atoms with Gasteiger partial charge in [0, 0.05) is 19.2 Å². The standard InChI is InChI=1S/C14H26N4O3/c1-8(2)7-18-12(15)11(13(20)17-14(18)21)16-10(5-6-19)9(3)4/h8-10,16,19H,5-7,15H2,1-4H3,(H,17,20,21). The molecule has 5 N–H and O–H groups in total. The van der Waals surface area contributed by atoms with Crippen LogP contribution in [0, 0.1) is 11.8 Å². The van der Waals surface area contributed by atoms with Crippen molar-refractivity contribution < 1.29 is 5.11 Å². The number of aromatic nitrogens is 2. The Bertz CT molecular complexity index is 575. The number of H-pyrrole nitrogens is 1. The fraction of sp³-hybridized carbons (Fsp3) is 0.714. The summed E-state index contributed by atoms with van der Waals surface area (Å²) in [6.07, 6.45) is 0.500. The molecule has 1 heterocycles. The number of aliphatic hydroxyl groups excluding tert-OH is 1. The van der Waals surface area contributed by atoms with Crippen LogP contribution in [0.3, 0.4) is 0 Å². The number of hydrogen-bond donors (Lipinski definition) is 4. The molecule has 1 atom stereocenters. The van der Waals surface area contributed by atoms with Crippen LogP contribution in [0.25, 0.3) is 0 Å². The fourth-order valence-electron chi connectivity index (χ4n) is 2.17.